The molecule has 1 unspecified atom stereocenters. The summed E-state index contributed by atoms with van der Waals surface area (Å²) in [6, 6.07) is 0.525. The van der Waals surface area contributed by atoms with Crippen LogP contribution in [0.4, 0.5) is 10.8 Å². The van der Waals surface area contributed by atoms with Gasteiger partial charge in [0.25, 0.3) is 0 Å². The Morgan fingerprint density at radius 1 is 1.50 bits per heavy atom. The molecule has 0 aromatic carbocycles. The zero-order chi connectivity index (χ0) is 12.9. The molecule has 0 aliphatic heterocycles. The van der Waals surface area contributed by atoms with Gasteiger partial charge in [0.1, 0.15) is 15.8 Å². The van der Waals surface area contributed by atoms with E-state index >= 15 is 0 Å². The van der Waals surface area contributed by atoms with Crippen LogP contribution in [0.1, 0.15) is 26.0 Å². The van der Waals surface area contributed by atoms with Crippen LogP contribution in [0.5, 0.6) is 0 Å². The number of nitrogens with two attached hydrogens (primary N) is 1. The molecule has 2 heterocycles. The Labute approximate surface area is 114 Å². The zero-order valence-electron chi connectivity index (χ0n) is 10.7. The zero-order valence-corrected chi connectivity index (χ0v) is 12.3. The minimum absolute atomic E-state index is 0.384. The summed E-state index contributed by atoms with van der Waals surface area (Å²) >= 11 is 3.05. The first-order valence-corrected chi connectivity index (χ1v) is 7.57. The lowest BCUT2D eigenvalue weighted by molar-refractivity contribution is 0.631. The summed E-state index contributed by atoms with van der Waals surface area (Å²) in [5.41, 5.74) is 8.36. The van der Waals surface area contributed by atoms with E-state index in [1.165, 1.54) is 18.0 Å². The Morgan fingerprint density at radius 3 is 2.78 bits per heavy atom. The fourth-order valence-electron chi connectivity index (χ4n) is 1.95. The molecule has 0 amide bonds. The first kappa shape index (κ1) is 11.9. The number of rotatable bonds is 3. The van der Waals surface area contributed by atoms with Gasteiger partial charge in [-0.1, -0.05) is 13.8 Å². The van der Waals surface area contributed by atoms with Crippen LogP contribution in [0, 0.1) is 12.3 Å². The maximum absolute atomic E-state index is 5.97. The van der Waals surface area contributed by atoms with Gasteiger partial charge >= 0.3 is 0 Å². The highest BCUT2D eigenvalue weighted by Crippen LogP contribution is 2.49. The molecule has 2 aromatic heterocycles. The Kier molecular flexibility index (Phi) is 2.60. The standard InChI is InChI=1S/C12H16N4S2/c1-6-5-17-10(14-6)8-9(13)16-18-11(8)15-7-4-12(7,2)3/h5,7,15H,4H2,1-3H3,(H2,13,16). The van der Waals surface area contributed by atoms with Crippen LogP contribution < -0.4 is 11.1 Å². The van der Waals surface area contributed by atoms with E-state index in [1.54, 1.807) is 11.3 Å². The van der Waals surface area contributed by atoms with Gasteiger partial charge in [-0.05, 0) is 30.3 Å². The highest BCUT2D eigenvalue weighted by Gasteiger charge is 2.46. The van der Waals surface area contributed by atoms with Crippen molar-refractivity contribution in [3.63, 3.8) is 0 Å². The van der Waals surface area contributed by atoms with Gasteiger partial charge in [-0.3, -0.25) is 0 Å². The lowest BCUT2D eigenvalue weighted by Crippen LogP contribution is -2.08. The van der Waals surface area contributed by atoms with Crippen molar-refractivity contribution in [1.29, 1.82) is 0 Å². The number of aromatic nitrogens is 2. The molecule has 1 atom stereocenters. The van der Waals surface area contributed by atoms with Crippen molar-refractivity contribution in [3.05, 3.63) is 11.1 Å². The van der Waals surface area contributed by atoms with Crippen LogP contribution in [0.25, 0.3) is 10.6 Å². The Balaban J connectivity index is 1.92. The van der Waals surface area contributed by atoms with Crippen LogP contribution in [0.15, 0.2) is 5.38 Å². The molecule has 0 saturated heterocycles. The fraction of sp³-hybridized carbons (Fsp3) is 0.500. The number of anilines is 2. The van der Waals surface area contributed by atoms with Gasteiger partial charge in [-0.2, -0.15) is 4.37 Å². The molecule has 4 nitrogen and oxygen atoms in total. The fourth-order valence-corrected chi connectivity index (χ4v) is 3.64. The van der Waals surface area contributed by atoms with Crippen LogP contribution in [-0.2, 0) is 0 Å². The summed E-state index contributed by atoms with van der Waals surface area (Å²) in [5, 5.41) is 7.60. The van der Waals surface area contributed by atoms with Gasteiger partial charge in [-0.15, -0.1) is 11.3 Å². The molecule has 96 valence electrons. The second-order valence-electron chi connectivity index (χ2n) is 5.46. The van der Waals surface area contributed by atoms with Crippen LogP contribution >= 0.6 is 22.9 Å². The van der Waals surface area contributed by atoms with Gasteiger partial charge in [0.15, 0.2) is 0 Å². The van der Waals surface area contributed by atoms with Crippen molar-refractivity contribution in [2.24, 2.45) is 5.41 Å². The normalized spacial score (nSPS) is 20.9. The Hall–Kier alpha value is -1.14. The lowest BCUT2D eigenvalue weighted by atomic mass is 10.2. The van der Waals surface area contributed by atoms with Gasteiger partial charge < -0.3 is 11.1 Å². The first-order valence-electron chi connectivity index (χ1n) is 5.91. The van der Waals surface area contributed by atoms with E-state index in [0.29, 0.717) is 17.3 Å². The van der Waals surface area contributed by atoms with Crippen molar-refractivity contribution in [1.82, 2.24) is 9.36 Å². The average Bonchev–Trinajstić information content (AvgIpc) is 2.66. The van der Waals surface area contributed by atoms with Crippen molar-refractivity contribution >= 4 is 33.7 Å². The minimum Gasteiger partial charge on any atom is -0.382 e. The molecule has 18 heavy (non-hydrogen) atoms. The minimum atomic E-state index is 0.384. The second-order valence-corrected chi connectivity index (χ2v) is 7.09. The van der Waals surface area contributed by atoms with Crippen LogP contribution in [0.3, 0.4) is 0 Å². The maximum atomic E-state index is 5.97. The number of nitrogens with one attached hydrogen (secondary N) is 1. The molecule has 0 bridgehead atoms. The molecule has 0 radical (unpaired) electrons. The van der Waals surface area contributed by atoms with Gasteiger partial charge in [-0.25, -0.2) is 4.98 Å². The summed E-state index contributed by atoms with van der Waals surface area (Å²) in [6.07, 6.45) is 1.20. The van der Waals surface area contributed by atoms with E-state index in [1.807, 2.05) is 12.3 Å². The molecular weight excluding hydrogens is 264 g/mol. The van der Waals surface area contributed by atoms with E-state index < -0.39 is 0 Å². The number of nitrogen functional groups attached to an aromatic ring is 1. The number of thiazole rings is 1. The number of nitrogens with zero attached hydrogens (tertiary/aromatic N) is 2. The molecule has 0 spiro atoms. The van der Waals surface area contributed by atoms with E-state index in [-0.39, 0.29) is 0 Å². The Morgan fingerprint density at radius 2 is 2.22 bits per heavy atom. The summed E-state index contributed by atoms with van der Waals surface area (Å²) in [4.78, 5) is 4.50. The topological polar surface area (TPSA) is 63.8 Å². The highest BCUT2D eigenvalue weighted by molar-refractivity contribution is 7.15. The summed E-state index contributed by atoms with van der Waals surface area (Å²) in [6.45, 7) is 6.53. The van der Waals surface area contributed by atoms with Crippen molar-refractivity contribution < 1.29 is 0 Å². The number of aryl methyl sites for hydroxylation is 1. The highest BCUT2D eigenvalue weighted by atomic mass is 32.1. The van der Waals surface area contributed by atoms with Crippen LogP contribution in [0.2, 0.25) is 0 Å². The molecular formula is C12H16N4S2. The SMILES string of the molecule is Cc1csc(-c2c(N)nsc2NC2CC2(C)C)n1. The maximum Gasteiger partial charge on any atom is 0.149 e. The third kappa shape index (κ3) is 1.99. The third-order valence-corrected chi connectivity index (χ3v) is 5.14. The predicted octanol–water partition coefficient (Wildman–Crippen LogP) is 3.37. The summed E-state index contributed by atoms with van der Waals surface area (Å²) in [7, 11) is 0. The van der Waals surface area contributed by atoms with E-state index in [9.17, 15) is 0 Å². The largest absolute Gasteiger partial charge is 0.382 e. The second kappa shape index (κ2) is 3.93. The molecule has 2 aromatic rings. The molecule has 3 rings (SSSR count). The third-order valence-electron chi connectivity index (χ3n) is 3.37. The Bertz CT molecular complexity index is 585. The van der Waals surface area contributed by atoms with Crippen molar-refractivity contribution in [2.45, 2.75) is 33.2 Å². The van der Waals surface area contributed by atoms with Crippen molar-refractivity contribution in [3.8, 4) is 10.6 Å². The van der Waals surface area contributed by atoms with Crippen LogP contribution in [-0.4, -0.2) is 15.4 Å². The van der Waals surface area contributed by atoms with Crippen molar-refractivity contribution in [2.75, 3.05) is 11.1 Å². The number of hydrogen-bond acceptors (Lipinski definition) is 6. The summed E-state index contributed by atoms with van der Waals surface area (Å²) in [5.74, 6) is 0.579. The molecule has 1 aliphatic rings. The van der Waals surface area contributed by atoms with Gasteiger partial charge in [0.05, 0.1) is 5.56 Å². The molecule has 1 fully saturated rings. The lowest BCUT2D eigenvalue weighted by Gasteiger charge is -2.07. The molecule has 3 N–H and O–H groups in total. The van der Waals surface area contributed by atoms with Gasteiger partial charge in [0.2, 0.25) is 0 Å². The van der Waals surface area contributed by atoms with E-state index in [2.05, 4.69) is 28.5 Å². The van der Waals surface area contributed by atoms with E-state index in [4.69, 9.17) is 5.73 Å². The van der Waals surface area contributed by atoms with E-state index in [0.717, 1.165) is 21.3 Å². The number of hydrogen-bond donors (Lipinski definition) is 2. The molecule has 1 aliphatic carbocycles. The smallest absolute Gasteiger partial charge is 0.149 e. The first-order chi connectivity index (χ1) is 8.47. The summed E-state index contributed by atoms with van der Waals surface area (Å²) < 4.78 is 4.25. The molecule has 1 saturated carbocycles. The quantitative estimate of drug-likeness (QED) is 0.905. The van der Waals surface area contributed by atoms with Gasteiger partial charge in [0, 0.05) is 17.1 Å². The molecule has 6 heteroatoms. The average molecular weight is 280 g/mol. The monoisotopic (exact) mass is 280 g/mol. The predicted molar refractivity (Wildman–Crippen MR) is 78.2 cm³/mol.